The van der Waals surface area contributed by atoms with Gasteiger partial charge in [0.05, 0.1) is 4.90 Å². The predicted molar refractivity (Wildman–Crippen MR) is 104 cm³/mol. The van der Waals surface area contributed by atoms with Gasteiger partial charge in [-0.2, -0.15) is 0 Å². The second-order valence-corrected chi connectivity index (χ2v) is 8.40. The summed E-state index contributed by atoms with van der Waals surface area (Å²) in [5.74, 6) is 0. The van der Waals surface area contributed by atoms with Crippen LogP contribution in [0.4, 0.5) is 10.5 Å². The summed E-state index contributed by atoms with van der Waals surface area (Å²) in [5.41, 5.74) is 1.81. The molecule has 0 aliphatic heterocycles. The number of rotatable bonds is 7. The lowest BCUT2D eigenvalue weighted by Gasteiger charge is -2.18. The van der Waals surface area contributed by atoms with Crippen molar-refractivity contribution in [2.75, 3.05) is 33.0 Å². The van der Waals surface area contributed by atoms with Crippen LogP contribution in [0.5, 0.6) is 0 Å². The van der Waals surface area contributed by atoms with E-state index in [1.54, 1.807) is 24.1 Å². The molecule has 0 saturated heterocycles. The first-order chi connectivity index (χ1) is 12.3. The number of carbonyl (C=O) groups excluding carboxylic acids is 1. The standard InChI is InChI=1S/C19H25N3O3S/c1-21(2)26(24,25)18-13-11-17(12-14-18)20-19(23)22(3)15-7-10-16-8-5-4-6-9-16/h4-6,8-9,11-14H,7,10,15H2,1-3H3,(H,20,23). The highest BCUT2D eigenvalue weighted by Gasteiger charge is 2.17. The molecule has 140 valence electrons. The van der Waals surface area contributed by atoms with E-state index < -0.39 is 10.0 Å². The van der Waals surface area contributed by atoms with Crippen molar-refractivity contribution in [3.63, 3.8) is 0 Å². The highest BCUT2D eigenvalue weighted by atomic mass is 32.2. The maximum atomic E-state index is 12.2. The summed E-state index contributed by atoms with van der Waals surface area (Å²) >= 11 is 0. The summed E-state index contributed by atoms with van der Waals surface area (Å²) in [7, 11) is 1.24. The fraction of sp³-hybridized carbons (Fsp3) is 0.316. The quantitative estimate of drug-likeness (QED) is 0.809. The molecule has 0 heterocycles. The van der Waals surface area contributed by atoms with E-state index in [0.717, 1.165) is 17.1 Å². The maximum Gasteiger partial charge on any atom is 0.321 e. The first-order valence-electron chi connectivity index (χ1n) is 8.39. The Kier molecular flexibility index (Phi) is 6.76. The zero-order chi connectivity index (χ0) is 19.2. The summed E-state index contributed by atoms with van der Waals surface area (Å²) in [4.78, 5) is 14.0. The highest BCUT2D eigenvalue weighted by molar-refractivity contribution is 7.89. The normalized spacial score (nSPS) is 11.4. The van der Waals surface area contributed by atoms with E-state index in [1.165, 1.54) is 31.8 Å². The van der Waals surface area contributed by atoms with E-state index in [4.69, 9.17) is 0 Å². The SMILES string of the molecule is CN(CCCc1ccccc1)C(=O)Nc1ccc(S(=O)(=O)N(C)C)cc1. The minimum atomic E-state index is -3.47. The van der Waals surface area contributed by atoms with E-state index in [9.17, 15) is 13.2 Å². The molecule has 0 aliphatic carbocycles. The second-order valence-electron chi connectivity index (χ2n) is 6.25. The molecule has 7 heteroatoms. The Balaban J connectivity index is 1.86. The highest BCUT2D eigenvalue weighted by Crippen LogP contribution is 2.17. The molecule has 0 fully saturated rings. The van der Waals surface area contributed by atoms with Gasteiger partial charge in [0.1, 0.15) is 0 Å². The van der Waals surface area contributed by atoms with Gasteiger partial charge < -0.3 is 10.2 Å². The van der Waals surface area contributed by atoms with Crippen molar-refractivity contribution in [2.24, 2.45) is 0 Å². The summed E-state index contributed by atoms with van der Waals surface area (Å²) in [6.45, 7) is 0.633. The number of nitrogens with one attached hydrogen (secondary N) is 1. The molecule has 0 aromatic heterocycles. The minimum Gasteiger partial charge on any atom is -0.328 e. The molecule has 0 spiro atoms. The summed E-state index contributed by atoms with van der Waals surface area (Å²) in [6.07, 6.45) is 1.78. The summed E-state index contributed by atoms with van der Waals surface area (Å²) < 4.78 is 25.2. The number of urea groups is 1. The number of nitrogens with zero attached hydrogens (tertiary/aromatic N) is 2. The van der Waals surface area contributed by atoms with E-state index >= 15 is 0 Å². The van der Waals surface area contributed by atoms with Crippen LogP contribution < -0.4 is 5.32 Å². The van der Waals surface area contributed by atoms with Gasteiger partial charge in [-0.05, 0) is 42.7 Å². The third-order valence-corrected chi connectivity index (χ3v) is 5.86. The van der Waals surface area contributed by atoms with Crippen LogP contribution in [-0.2, 0) is 16.4 Å². The van der Waals surface area contributed by atoms with Crippen molar-refractivity contribution in [1.29, 1.82) is 0 Å². The molecule has 2 aromatic rings. The maximum absolute atomic E-state index is 12.2. The fourth-order valence-corrected chi connectivity index (χ4v) is 3.31. The van der Waals surface area contributed by atoms with Crippen molar-refractivity contribution >= 4 is 21.7 Å². The Bertz CT molecular complexity index is 819. The van der Waals surface area contributed by atoms with Gasteiger partial charge >= 0.3 is 6.03 Å². The first kappa shape index (κ1) is 19.9. The van der Waals surface area contributed by atoms with Crippen molar-refractivity contribution in [2.45, 2.75) is 17.7 Å². The number of anilines is 1. The van der Waals surface area contributed by atoms with Crippen molar-refractivity contribution < 1.29 is 13.2 Å². The minimum absolute atomic E-state index is 0.191. The number of hydrogen-bond acceptors (Lipinski definition) is 3. The molecule has 26 heavy (non-hydrogen) atoms. The molecule has 0 unspecified atom stereocenters. The number of sulfonamides is 1. The largest absolute Gasteiger partial charge is 0.328 e. The van der Waals surface area contributed by atoms with Gasteiger partial charge in [0.2, 0.25) is 10.0 Å². The zero-order valence-corrected chi connectivity index (χ0v) is 16.2. The van der Waals surface area contributed by atoms with Crippen LogP contribution in [0.3, 0.4) is 0 Å². The lowest BCUT2D eigenvalue weighted by molar-refractivity contribution is 0.222. The Morgan fingerprint density at radius 3 is 2.15 bits per heavy atom. The topological polar surface area (TPSA) is 69.7 Å². The molecular weight excluding hydrogens is 350 g/mol. The average molecular weight is 375 g/mol. The molecule has 2 rings (SSSR count). The van der Waals surface area contributed by atoms with Gasteiger partial charge in [0.15, 0.2) is 0 Å². The van der Waals surface area contributed by atoms with Crippen LogP contribution in [0.25, 0.3) is 0 Å². The third-order valence-electron chi connectivity index (χ3n) is 4.03. The lowest BCUT2D eigenvalue weighted by Crippen LogP contribution is -2.32. The van der Waals surface area contributed by atoms with Crippen LogP contribution in [0, 0.1) is 0 Å². The predicted octanol–water partition coefficient (Wildman–Crippen LogP) is 3.03. The Morgan fingerprint density at radius 1 is 0.962 bits per heavy atom. The van der Waals surface area contributed by atoms with Gasteiger partial charge in [-0.15, -0.1) is 0 Å². The third kappa shape index (κ3) is 5.31. The molecule has 2 aromatic carbocycles. The van der Waals surface area contributed by atoms with Gasteiger partial charge in [0, 0.05) is 33.4 Å². The molecule has 1 N–H and O–H groups in total. The summed E-state index contributed by atoms with van der Waals surface area (Å²) in [5, 5.41) is 2.78. The fourth-order valence-electron chi connectivity index (χ4n) is 2.41. The van der Waals surface area contributed by atoms with E-state index in [2.05, 4.69) is 17.4 Å². The van der Waals surface area contributed by atoms with Crippen LogP contribution in [-0.4, -0.2) is 51.3 Å². The van der Waals surface area contributed by atoms with Crippen LogP contribution in [0.2, 0.25) is 0 Å². The summed E-state index contributed by atoms with van der Waals surface area (Å²) in [6, 6.07) is 16.1. The second kappa shape index (κ2) is 8.82. The van der Waals surface area contributed by atoms with Gasteiger partial charge in [-0.25, -0.2) is 17.5 Å². The van der Waals surface area contributed by atoms with Crippen LogP contribution in [0.1, 0.15) is 12.0 Å². The zero-order valence-electron chi connectivity index (χ0n) is 15.3. The Hall–Kier alpha value is -2.38. The number of amides is 2. The Morgan fingerprint density at radius 2 is 1.58 bits per heavy atom. The van der Waals surface area contributed by atoms with E-state index in [0.29, 0.717) is 12.2 Å². The molecule has 2 amide bonds. The number of aryl methyl sites for hydroxylation is 1. The van der Waals surface area contributed by atoms with Crippen molar-refractivity contribution in [3.8, 4) is 0 Å². The molecule has 0 atom stereocenters. The van der Waals surface area contributed by atoms with Crippen LogP contribution >= 0.6 is 0 Å². The van der Waals surface area contributed by atoms with Gasteiger partial charge in [0.25, 0.3) is 0 Å². The number of benzene rings is 2. The van der Waals surface area contributed by atoms with Crippen molar-refractivity contribution in [3.05, 3.63) is 60.2 Å². The molecule has 0 radical (unpaired) electrons. The first-order valence-corrected chi connectivity index (χ1v) is 9.83. The van der Waals surface area contributed by atoms with Crippen molar-refractivity contribution in [1.82, 2.24) is 9.21 Å². The molecular formula is C19H25N3O3S. The Labute approximate surface area is 155 Å². The number of carbonyl (C=O) groups is 1. The number of hydrogen-bond donors (Lipinski definition) is 1. The van der Waals surface area contributed by atoms with E-state index in [-0.39, 0.29) is 10.9 Å². The van der Waals surface area contributed by atoms with Gasteiger partial charge in [-0.3, -0.25) is 0 Å². The smallest absolute Gasteiger partial charge is 0.321 e. The molecule has 0 aliphatic rings. The molecule has 0 bridgehead atoms. The van der Waals surface area contributed by atoms with Crippen LogP contribution in [0.15, 0.2) is 59.5 Å². The average Bonchev–Trinajstić information content (AvgIpc) is 2.62. The molecule has 6 nitrogen and oxygen atoms in total. The monoisotopic (exact) mass is 375 g/mol. The molecule has 0 saturated carbocycles. The van der Waals surface area contributed by atoms with Gasteiger partial charge in [-0.1, -0.05) is 30.3 Å². The van der Waals surface area contributed by atoms with E-state index in [1.807, 2.05) is 18.2 Å². The lowest BCUT2D eigenvalue weighted by atomic mass is 10.1.